The Morgan fingerprint density at radius 1 is 1.59 bits per heavy atom. The first kappa shape index (κ1) is 12.9. The van der Waals surface area contributed by atoms with Crippen molar-refractivity contribution in [3.63, 3.8) is 0 Å². The quantitative estimate of drug-likeness (QED) is 0.446. The van der Waals surface area contributed by atoms with E-state index in [1.165, 1.54) is 25.3 Å². The Labute approximate surface area is 97.7 Å². The lowest BCUT2D eigenvalue weighted by Gasteiger charge is -2.07. The highest BCUT2D eigenvalue weighted by molar-refractivity contribution is 5.91. The van der Waals surface area contributed by atoms with Gasteiger partial charge in [0.25, 0.3) is 5.69 Å². The van der Waals surface area contributed by atoms with Crippen LogP contribution in [0.1, 0.15) is 10.4 Å². The van der Waals surface area contributed by atoms with Crippen molar-refractivity contribution in [1.29, 1.82) is 0 Å². The van der Waals surface area contributed by atoms with E-state index < -0.39 is 10.9 Å². The molecule has 1 aromatic carbocycles. The molecule has 0 fully saturated rings. The SMILES string of the molecule is COC(=O)c1ccc([N+](=O)[O-])c(NCCN)c1. The standard InChI is InChI=1S/C10H13N3O4/c1-17-10(14)7-2-3-9(13(15)16)8(6-7)12-5-4-11/h2-3,6,12H,4-5,11H2,1H3. The molecule has 0 bridgehead atoms. The number of nitrogens with one attached hydrogen (secondary N) is 1. The third kappa shape index (κ3) is 3.15. The monoisotopic (exact) mass is 239 g/mol. The maximum atomic E-state index is 11.3. The first-order valence-electron chi connectivity index (χ1n) is 4.91. The van der Waals surface area contributed by atoms with Gasteiger partial charge in [0.1, 0.15) is 5.69 Å². The topological polar surface area (TPSA) is 107 Å². The van der Waals surface area contributed by atoms with Gasteiger partial charge in [0.05, 0.1) is 17.6 Å². The molecule has 1 aromatic rings. The number of methoxy groups -OCH3 is 1. The van der Waals surface area contributed by atoms with Crippen molar-refractivity contribution >= 4 is 17.3 Å². The van der Waals surface area contributed by atoms with Gasteiger partial charge in [-0.25, -0.2) is 4.79 Å². The molecule has 0 amide bonds. The van der Waals surface area contributed by atoms with Crippen LogP contribution in [0.25, 0.3) is 0 Å². The van der Waals surface area contributed by atoms with Crippen molar-refractivity contribution in [1.82, 2.24) is 0 Å². The average Bonchev–Trinajstić information content (AvgIpc) is 2.34. The lowest BCUT2D eigenvalue weighted by Crippen LogP contribution is -2.14. The molecule has 3 N–H and O–H groups in total. The first-order chi connectivity index (χ1) is 8.10. The summed E-state index contributed by atoms with van der Waals surface area (Å²) < 4.78 is 4.53. The summed E-state index contributed by atoms with van der Waals surface area (Å²) in [6.07, 6.45) is 0. The van der Waals surface area contributed by atoms with Crippen LogP contribution >= 0.6 is 0 Å². The molecule has 0 saturated heterocycles. The number of benzene rings is 1. The number of nitrogens with zero attached hydrogens (tertiary/aromatic N) is 1. The molecule has 17 heavy (non-hydrogen) atoms. The molecule has 7 nitrogen and oxygen atoms in total. The summed E-state index contributed by atoms with van der Waals surface area (Å²) in [5.74, 6) is -0.546. The van der Waals surface area contributed by atoms with Crippen LogP contribution in [0.5, 0.6) is 0 Å². The minimum absolute atomic E-state index is 0.105. The number of hydrogen-bond donors (Lipinski definition) is 2. The predicted octanol–water partition coefficient (Wildman–Crippen LogP) is 0.752. The van der Waals surface area contributed by atoms with E-state index in [-0.39, 0.29) is 16.9 Å². The van der Waals surface area contributed by atoms with Crippen LogP contribution in [0.2, 0.25) is 0 Å². The van der Waals surface area contributed by atoms with Gasteiger partial charge >= 0.3 is 5.97 Å². The number of nitrogens with two attached hydrogens (primary N) is 1. The Morgan fingerprint density at radius 3 is 2.82 bits per heavy atom. The zero-order chi connectivity index (χ0) is 12.8. The highest BCUT2D eigenvalue weighted by Gasteiger charge is 2.16. The van der Waals surface area contributed by atoms with Gasteiger partial charge < -0.3 is 15.8 Å². The van der Waals surface area contributed by atoms with Crippen molar-refractivity contribution in [3.8, 4) is 0 Å². The molecule has 0 aromatic heterocycles. The molecule has 0 saturated carbocycles. The Kier molecular flexibility index (Phi) is 4.41. The molecule has 0 spiro atoms. The smallest absolute Gasteiger partial charge is 0.337 e. The lowest BCUT2D eigenvalue weighted by molar-refractivity contribution is -0.384. The molecule has 0 unspecified atom stereocenters. The maximum Gasteiger partial charge on any atom is 0.337 e. The molecule has 0 heterocycles. The summed E-state index contributed by atoms with van der Waals surface area (Å²) >= 11 is 0. The van der Waals surface area contributed by atoms with Crippen LogP contribution in [-0.4, -0.2) is 31.1 Å². The predicted molar refractivity (Wildman–Crippen MR) is 62.0 cm³/mol. The molecule has 92 valence electrons. The highest BCUT2D eigenvalue weighted by atomic mass is 16.6. The molecule has 0 atom stereocenters. The van der Waals surface area contributed by atoms with E-state index in [1.807, 2.05) is 0 Å². The van der Waals surface area contributed by atoms with E-state index in [1.54, 1.807) is 0 Å². The van der Waals surface area contributed by atoms with Crippen LogP contribution in [0.3, 0.4) is 0 Å². The summed E-state index contributed by atoms with van der Waals surface area (Å²) in [4.78, 5) is 21.5. The Bertz CT molecular complexity index is 434. The molecular formula is C10H13N3O4. The van der Waals surface area contributed by atoms with Crippen LogP contribution in [0.4, 0.5) is 11.4 Å². The van der Waals surface area contributed by atoms with Crippen molar-refractivity contribution in [3.05, 3.63) is 33.9 Å². The number of nitro benzene ring substituents is 1. The van der Waals surface area contributed by atoms with E-state index in [4.69, 9.17) is 5.73 Å². The Balaban J connectivity index is 3.09. The third-order valence-electron chi connectivity index (χ3n) is 2.07. The van der Waals surface area contributed by atoms with Gasteiger partial charge in [0, 0.05) is 19.2 Å². The van der Waals surface area contributed by atoms with Gasteiger partial charge in [0.2, 0.25) is 0 Å². The highest BCUT2D eigenvalue weighted by Crippen LogP contribution is 2.25. The van der Waals surface area contributed by atoms with E-state index in [0.29, 0.717) is 13.1 Å². The summed E-state index contributed by atoms with van der Waals surface area (Å²) in [6, 6.07) is 3.97. The second kappa shape index (κ2) is 5.80. The summed E-state index contributed by atoms with van der Waals surface area (Å²) in [7, 11) is 1.25. The van der Waals surface area contributed by atoms with Gasteiger partial charge in [0.15, 0.2) is 0 Å². The van der Waals surface area contributed by atoms with Crippen LogP contribution in [-0.2, 0) is 4.74 Å². The van der Waals surface area contributed by atoms with Crippen LogP contribution in [0, 0.1) is 10.1 Å². The summed E-state index contributed by atoms with van der Waals surface area (Å²) in [5.41, 5.74) is 5.70. The Hall–Kier alpha value is -2.15. The van der Waals surface area contributed by atoms with Crippen LogP contribution < -0.4 is 11.1 Å². The minimum atomic E-state index is -0.546. The number of rotatable bonds is 5. The Morgan fingerprint density at radius 2 is 2.29 bits per heavy atom. The fourth-order valence-corrected chi connectivity index (χ4v) is 1.29. The van der Waals surface area contributed by atoms with Crippen molar-refractivity contribution in [2.24, 2.45) is 5.73 Å². The third-order valence-corrected chi connectivity index (χ3v) is 2.07. The zero-order valence-corrected chi connectivity index (χ0v) is 9.30. The first-order valence-corrected chi connectivity index (χ1v) is 4.91. The minimum Gasteiger partial charge on any atom is -0.465 e. The van der Waals surface area contributed by atoms with E-state index >= 15 is 0 Å². The second-order valence-electron chi connectivity index (χ2n) is 3.20. The van der Waals surface area contributed by atoms with Gasteiger partial charge in [-0.15, -0.1) is 0 Å². The average molecular weight is 239 g/mol. The largest absolute Gasteiger partial charge is 0.465 e. The van der Waals surface area contributed by atoms with Gasteiger partial charge in [-0.05, 0) is 12.1 Å². The fraction of sp³-hybridized carbons (Fsp3) is 0.300. The number of carbonyl (C=O) groups excluding carboxylic acids is 1. The fourth-order valence-electron chi connectivity index (χ4n) is 1.29. The van der Waals surface area contributed by atoms with E-state index in [9.17, 15) is 14.9 Å². The van der Waals surface area contributed by atoms with Gasteiger partial charge in [-0.2, -0.15) is 0 Å². The molecule has 0 aliphatic rings. The second-order valence-corrected chi connectivity index (χ2v) is 3.20. The number of ether oxygens (including phenoxy) is 1. The molecular weight excluding hydrogens is 226 g/mol. The lowest BCUT2D eigenvalue weighted by atomic mass is 10.1. The molecule has 0 radical (unpaired) electrons. The van der Waals surface area contributed by atoms with Gasteiger partial charge in [-0.1, -0.05) is 0 Å². The molecule has 1 rings (SSSR count). The van der Waals surface area contributed by atoms with Crippen molar-refractivity contribution < 1.29 is 14.5 Å². The number of esters is 1. The van der Waals surface area contributed by atoms with Crippen molar-refractivity contribution in [2.45, 2.75) is 0 Å². The van der Waals surface area contributed by atoms with E-state index in [0.717, 1.165) is 0 Å². The zero-order valence-electron chi connectivity index (χ0n) is 9.30. The number of carbonyl (C=O) groups is 1. The van der Waals surface area contributed by atoms with Gasteiger partial charge in [-0.3, -0.25) is 10.1 Å². The normalized spacial score (nSPS) is 9.76. The molecule has 0 aliphatic carbocycles. The van der Waals surface area contributed by atoms with Crippen LogP contribution in [0.15, 0.2) is 18.2 Å². The number of hydrogen-bond acceptors (Lipinski definition) is 6. The molecule has 7 heteroatoms. The van der Waals surface area contributed by atoms with Crippen molar-refractivity contribution in [2.75, 3.05) is 25.5 Å². The summed E-state index contributed by atoms with van der Waals surface area (Å²) in [5, 5.41) is 13.5. The number of anilines is 1. The number of nitro groups is 1. The maximum absolute atomic E-state index is 11.3. The van der Waals surface area contributed by atoms with E-state index in [2.05, 4.69) is 10.1 Å². The summed E-state index contributed by atoms with van der Waals surface area (Å²) in [6.45, 7) is 0.713. The molecule has 0 aliphatic heterocycles.